The molecule has 0 spiro atoms. The van der Waals surface area contributed by atoms with E-state index in [-0.39, 0.29) is 36.1 Å². The van der Waals surface area contributed by atoms with E-state index >= 15 is 0 Å². The molecule has 0 radical (unpaired) electrons. The number of hydrogen-bond acceptors (Lipinski definition) is 6. The quantitative estimate of drug-likeness (QED) is 0.402. The molecule has 9 heteroatoms. The van der Waals surface area contributed by atoms with Gasteiger partial charge in [0.05, 0.1) is 6.04 Å². The number of carbonyl (C=O) groups excluding carboxylic acids is 2. The molecule has 1 fully saturated rings. The zero-order valence-corrected chi connectivity index (χ0v) is 18.9. The summed E-state index contributed by atoms with van der Waals surface area (Å²) in [4.78, 5) is 36.6. The van der Waals surface area contributed by atoms with Crippen molar-refractivity contribution in [2.24, 2.45) is 7.05 Å². The molecule has 0 saturated carbocycles. The van der Waals surface area contributed by atoms with Gasteiger partial charge in [0, 0.05) is 31.6 Å². The van der Waals surface area contributed by atoms with Crippen molar-refractivity contribution in [3.05, 3.63) is 93.0 Å². The maximum Gasteiger partial charge on any atom is 0.282 e. The molecule has 2 heterocycles. The first-order chi connectivity index (χ1) is 15.7. The van der Waals surface area contributed by atoms with E-state index in [1.807, 2.05) is 6.07 Å². The summed E-state index contributed by atoms with van der Waals surface area (Å²) in [6.45, 7) is 1.55. The molecule has 2 unspecified atom stereocenters. The van der Waals surface area contributed by atoms with Crippen LogP contribution in [0.1, 0.15) is 34.6 Å². The van der Waals surface area contributed by atoms with Gasteiger partial charge in [-0.15, -0.1) is 0 Å². The Hall–Kier alpha value is -3.04. The van der Waals surface area contributed by atoms with Crippen molar-refractivity contribution < 1.29 is 22.9 Å². The van der Waals surface area contributed by atoms with E-state index in [0.717, 1.165) is 28.8 Å². The van der Waals surface area contributed by atoms with Crippen LogP contribution in [0.15, 0.2) is 57.8 Å². The monoisotopic (exact) mass is 472 g/mol. The van der Waals surface area contributed by atoms with Gasteiger partial charge >= 0.3 is 0 Å². The van der Waals surface area contributed by atoms with Crippen molar-refractivity contribution in [1.29, 1.82) is 0 Å². The molecular formula is C24H22F2N2O4S. The second-order valence-corrected chi connectivity index (χ2v) is 9.10. The van der Waals surface area contributed by atoms with Crippen LogP contribution < -0.4 is 5.56 Å². The number of carbonyl (C=O) groups is 2. The minimum absolute atomic E-state index is 0.0369. The van der Waals surface area contributed by atoms with Gasteiger partial charge in [0.2, 0.25) is 11.6 Å². The van der Waals surface area contributed by atoms with Crippen LogP contribution in [0.25, 0.3) is 0 Å². The van der Waals surface area contributed by atoms with Crippen LogP contribution in [0.2, 0.25) is 0 Å². The number of ketones is 2. The van der Waals surface area contributed by atoms with Crippen LogP contribution in [-0.4, -0.2) is 26.7 Å². The number of halogens is 2. The predicted octanol–water partition coefficient (Wildman–Crippen LogP) is 3.77. The van der Waals surface area contributed by atoms with Crippen molar-refractivity contribution in [2.75, 3.05) is 0 Å². The summed E-state index contributed by atoms with van der Waals surface area (Å²) >= 11 is 1.16. The summed E-state index contributed by atoms with van der Waals surface area (Å²) in [6, 6.07) is 11.7. The normalized spacial score (nSPS) is 19.3. The number of rotatable bonds is 6. The fourth-order valence-electron chi connectivity index (χ4n) is 3.72. The van der Waals surface area contributed by atoms with Crippen LogP contribution in [0, 0.1) is 11.6 Å². The van der Waals surface area contributed by atoms with Gasteiger partial charge in [-0.1, -0.05) is 42.3 Å². The van der Waals surface area contributed by atoms with Gasteiger partial charge in [-0.25, -0.2) is 13.1 Å². The molecule has 172 valence electrons. The number of aryl methyl sites for hydroxylation is 3. The molecule has 2 aromatic carbocycles. The highest BCUT2D eigenvalue weighted by atomic mass is 32.2. The first-order valence-corrected chi connectivity index (χ1v) is 11.3. The maximum atomic E-state index is 14.9. The SMILES string of the molecule is CC1C(=O)C(=O)C(c2ccccc2)SN1Cc1cc(F)c(CCc2cc(=O)n(C)o2)cc1F. The van der Waals surface area contributed by atoms with E-state index in [1.165, 1.54) is 13.1 Å². The molecule has 2 atom stereocenters. The lowest BCUT2D eigenvalue weighted by molar-refractivity contribution is -0.139. The number of hydrogen-bond donors (Lipinski definition) is 0. The van der Waals surface area contributed by atoms with Crippen molar-refractivity contribution in [3.63, 3.8) is 0 Å². The molecule has 33 heavy (non-hydrogen) atoms. The molecule has 4 rings (SSSR count). The van der Waals surface area contributed by atoms with Gasteiger partial charge < -0.3 is 4.52 Å². The summed E-state index contributed by atoms with van der Waals surface area (Å²) < 4.78 is 37.5. The molecule has 1 aliphatic rings. The highest BCUT2D eigenvalue weighted by Crippen LogP contribution is 2.40. The van der Waals surface area contributed by atoms with E-state index in [0.29, 0.717) is 11.3 Å². The third kappa shape index (κ3) is 4.84. The molecular weight excluding hydrogens is 450 g/mol. The highest BCUT2D eigenvalue weighted by molar-refractivity contribution is 7.98. The second kappa shape index (κ2) is 9.44. The van der Waals surface area contributed by atoms with Crippen molar-refractivity contribution >= 4 is 23.5 Å². The maximum absolute atomic E-state index is 14.9. The van der Waals surface area contributed by atoms with Crippen molar-refractivity contribution in [1.82, 2.24) is 9.05 Å². The largest absolute Gasteiger partial charge is 0.381 e. The van der Waals surface area contributed by atoms with E-state index in [9.17, 15) is 23.2 Å². The van der Waals surface area contributed by atoms with Crippen LogP contribution in [-0.2, 0) is 36.0 Å². The highest BCUT2D eigenvalue weighted by Gasteiger charge is 2.41. The Morgan fingerprint density at radius 2 is 1.61 bits per heavy atom. The number of aromatic nitrogens is 1. The summed E-state index contributed by atoms with van der Waals surface area (Å²) in [5.74, 6) is -1.84. The number of Topliss-reactive ketones (excluding diaryl/α,β-unsaturated/α-hetero) is 2. The van der Waals surface area contributed by atoms with Crippen molar-refractivity contribution in [2.45, 2.75) is 37.6 Å². The Morgan fingerprint density at radius 3 is 2.27 bits per heavy atom. The van der Waals surface area contributed by atoms with Gasteiger partial charge in [0.1, 0.15) is 22.6 Å². The zero-order chi connectivity index (χ0) is 23.7. The lowest BCUT2D eigenvalue weighted by Crippen LogP contribution is -2.45. The smallest absolute Gasteiger partial charge is 0.282 e. The Balaban J connectivity index is 1.51. The molecule has 6 nitrogen and oxygen atoms in total. The Labute approximate surface area is 193 Å². The van der Waals surface area contributed by atoms with E-state index in [4.69, 9.17) is 4.52 Å². The summed E-state index contributed by atoms with van der Waals surface area (Å²) in [5, 5.41) is -0.720. The van der Waals surface area contributed by atoms with Crippen LogP contribution in [0.3, 0.4) is 0 Å². The summed E-state index contributed by atoms with van der Waals surface area (Å²) in [7, 11) is 1.47. The van der Waals surface area contributed by atoms with Gasteiger partial charge in [-0.05, 0) is 36.6 Å². The van der Waals surface area contributed by atoms with Crippen LogP contribution in [0.4, 0.5) is 8.78 Å². The molecule has 0 bridgehead atoms. The predicted molar refractivity (Wildman–Crippen MR) is 120 cm³/mol. The summed E-state index contributed by atoms with van der Waals surface area (Å²) in [6.07, 6.45) is 0.411. The van der Waals surface area contributed by atoms with Crippen LogP contribution in [0.5, 0.6) is 0 Å². The summed E-state index contributed by atoms with van der Waals surface area (Å²) in [5.41, 5.74) is 0.639. The molecule has 0 N–H and O–H groups in total. The fourth-order valence-corrected chi connectivity index (χ4v) is 4.97. The molecule has 1 saturated heterocycles. The molecule has 0 aliphatic carbocycles. The average Bonchev–Trinajstić information content (AvgIpc) is 3.13. The lowest BCUT2D eigenvalue weighted by atomic mass is 10.0. The van der Waals surface area contributed by atoms with Gasteiger partial charge in [0.15, 0.2) is 0 Å². The fraction of sp³-hybridized carbons (Fsp3) is 0.292. The lowest BCUT2D eigenvalue weighted by Gasteiger charge is -2.35. The Bertz CT molecular complexity index is 1260. The van der Waals surface area contributed by atoms with E-state index < -0.39 is 34.5 Å². The second-order valence-electron chi connectivity index (χ2n) is 7.95. The Kier molecular flexibility index (Phi) is 6.62. The zero-order valence-electron chi connectivity index (χ0n) is 18.1. The van der Waals surface area contributed by atoms with Crippen LogP contribution >= 0.6 is 11.9 Å². The van der Waals surface area contributed by atoms with Gasteiger partial charge in [-0.3, -0.25) is 14.4 Å². The first kappa shape index (κ1) is 23.1. The van der Waals surface area contributed by atoms with E-state index in [2.05, 4.69) is 0 Å². The molecule has 1 aromatic heterocycles. The number of benzene rings is 2. The molecule has 3 aromatic rings. The van der Waals surface area contributed by atoms with Crippen molar-refractivity contribution in [3.8, 4) is 0 Å². The molecule has 1 aliphatic heterocycles. The molecule has 0 amide bonds. The third-order valence-corrected chi connectivity index (χ3v) is 7.08. The minimum atomic E-state index is -0.759. The topological polar surface area (TPSA) is 72.5 Å². The Morgan fingerprint density at radius 1 is 0.939 bits per heavy atom. The third-order valence-electron chi connectivity index (χ3n) is 5.67. The first-order valence-electron chi connectivity index (χ1n) is 10.4. The standard InChI is InChI=1S/C24H22F2N2O4S/c1-14-22(30)23(31)24(15-6-4-3-5-7-15)33-28(14)13-17-11-19(25)16(10-20(17)26)8-9-18-12-21(29)27(2)32-18/h3-7,10-12,14,24H,8-9,13H2,1-2H3. The van der Waals surface area contributed by atoms with Gasteiger partial charge in [-0.2, -0.15) is 4.74 Å². The average molecular weight is 473 g/mol. The van der Waals surface area contributed by atoms with Gasteiger partial charge in [0.25, 0.3) is 5.56 Å². The number of nitrogens with zero attached hydrogens (tertiary/aromatic N) is 2. The minimum Gasteiger partial charge on any atom is -0.381 e. The van der Waals surface area contributed by atoms with E-state index in [1.54, 1.807) is 35.5 Å².